The number of nitrogens with one attached hydrogen (secondary N) is 2. The number of halogens is 3. The van der Waals surface area contributed by atoms with E-state index in [0.29, 0.717) is 11.3 Å². The van der Waals surface area contributed by atoms with Crippen LogP contribution in [0.25, 0.3) is 0 Å². The number of hydrogen-bond acceptors (Lipinski definition) is 4. The van der Waals surface area contributed by atoms with Crippen LogP contribution in [0.4, 0.5) is 18.9 Å². The molecule has 6 nitrogen and oxygen atoms in total. The normalized spacial score (nSPS) is 13.3. The molecule has 158 valence electrons. The van der Waals surface area contributed by atoms with Crippen molar-refractivity contribution in [3.05, 3.63) is 88.7 Å². The molecular formula is C22H16F3N3O3. The number of aromatic nitrogens is 1. The fourth-order valence-electron chi connectivity index (χ4n) is 3.38. The van der Waals surface area contributed by atoms with E-state index in [0.717, 1.165) is 6.07 Å². The predicted molar refractivity (Wildman–Crippen MR) is 105 cm³/mol. The number of alkyl halides is 1. The van der Waals surface area contributed by atoms with Crippen LogP contribution in [0.3, 0.4) is 0 Å². The highest BCUT2D eigenvalue weighted by Crippen LogP contribution is 2.28. The smallest absolute Gasteiger partial charge is 0.252 e. The Morgan fingerprint density at radius 2 is 2.00 bits per heavy atom. The van der Waals surface area contributed by atoms with Crippen molar-refractivity contribution in [1.29, 1.82) is 0 Å². The second kappa shape index (κ2) is 8.47. The van der Waals surface area contributed by atoms with E-state index in [9.17, 15) is 22.8 Å². The van der Waals surface area contributed by atoms with Crippen molar-refractivity contribution >= 4 is 17.5 Å². The van der Waals surface area contributed by atoms with Gasteiger partial charge in [0, 0.05) is 17.4 Å². The molecule has 0 aliphatic carbocycles. The van der Waals surface area contributed by atoms with E-state index in [1.165, 1.54) is 36.5 Å². The molecule has 1 aliphatic rings. The number of hydrogen-bond donors (Lipinski definition) is 2. The molecule has 3 aromatic rings. The van der Waals surface area contributed by atoms with E-state index in [4.69, 9.17) is 0 Å². The van der Waals surface area contributed by atoms with E-state index in [1.807, 2.05) is 0 Å². The highest BCUT2D eigenvalue weighted by atomic mass is 19.1. The molecule has 0 saturated carbocycles. The van der Waals surface area contributed by atoms with Gasteiger partial charge in [0.25, 0.3) is 5.91 Å². The van der Waals surface area contributed by atoms with Crippen molar-refractivity contribution in [2.75, 3.05) is 12.2 Å². The maximum Gasteiger partial charge on any atom is 0.252 e. The molecule has 1 atom stereocenters. The molecule has 2 N–H and O–H groups in total. The molecule has 0 fully saturated rings. The van der Waals surface area contributed by atoms with Crippen LogP contribution >= 0.6 is 0 Å². The molecule has 0 unspecified atom stereocenters. The van der Waals surface area contributed by atoms with Gasteiger partial charge in [-0.1, -0.05) is 6.07 Å². The summed E-state index contributed by atoms with van der Waals surface area (Å²) in [5.41, 5.74) is 1.60. The number of benzene rings is 2. The first-order valence-electron chi connectivity index (χ1n) is 9.28. The van der Waals surface area contributed by atoms with Crippen LogP contribution in [-0.4, -0.2) is 23.7 Å². The highest BCUT2D eigenvalue weighted by molar-refractivity contribution is 6.01. The van der Waals surface area contributed by atoms with Crippen LogP contribution in [0.5, 0.6) is 5.75 Å². The molecule has 2 aromatic carbocycles. The van der Waals surface area contributed by atoms with Gasteiger partial charge in [-0.25, -0.2) is 13.2 Å². The van der Waals surface area contributed by atoms with Crippen LogP contribution in [0.1, 0.15) is 33.2 Å². The quantitative estimate of drug-likeness (QED) is 0.629. The number of nitrogens with zero attached hydrogens (tertiary/aromatic N) is 1. The van der Waals surface area contributed by atoms with E-state index in [1.54, 1.807) is 12.1 Å². The summed E-state index contributed by atoms with van der Waals surface area (Å²) in [7, 11) is 0. The van der Waals surface area contributed by atoms with E-state index in [-0.39, 0.29) is 34.9 Å². The molecule has 0 bridgehead atoms. The topological polar surface area (TPSA) is 80.3 Å². The Morgan fingerprint density at radius 1 is 1.16 bits per heavy atom. The highest BCUT2D eigenvalue weighted by Gasteiger charge is 2.25. The minimum absolute atomic E-state index is 0.118. The minimum Gasteiger partial charge on any atom is -0.460 e. The largest absolute Gasteiger partial charge is 0.460 e. The first kappa shape index (κ1) is 20.4. The number of carbonyl (C=O) groups is 2. The number of carbonyl (C=O) groups excluding carboxylic acids is 2. The minimum atomic E-state index is -1.21. The molecular weight excluding hydrogens is 411 g/mol. The zero-order valence-electron chi connectivity index (χ0n) is 16.0. The first-order valence-corrected chi connectivity index (χ1v) is 9.28. The van der Waals surface area contributed by atoms with Gasteiger partial charge in [-0.2, -0.15) is 0 Å². The molecule has 2 heterocycles. The predicted octanol–water partition coefficient (Wildman–Crippen LogP) is 3.68. The Hall–Kier alpha value is -3.88. The van der Waals surface area contributed by atoms with E-state index in [2.05, 4.69) is 20.4 Å². The zero-order chi connectivity index (χ0) is 22.0. The monoisotopic (exact) mass is 427 g/mol. The van der Waals surface area contributed by atoms with Gasteiger partial charge in [0.1, 0.15) is 11.5 Å². The Bertz CT molecular complexity index is 1170. The molecule has 1 aromatic heterocycles. The van der Waals surface area contributed by atoms with Gasteiger partial charge in [0.05, 0.1) is 12.5 Å². The fourth-order valence-corrected chi connectivity index (χ4v) is 3.38. The van der Waals surface area contributed by atoms with Crippen LogP contribution in [0.15, 0.2) is 54.7 Å². The van der Waals surface area contributed by atoms with Crippen molar-refractivity contribution in [1.82, 2.24) is 10.3 Å². The molecule has 4 rings (SSSR count). The summed E-state index contributed by atoms with van der Waals surface area (Å²) in [5, 5.41) is 5.33. The number of ether oxygens (including phenoxy) is 1. The second-order valence-electron chi connectivity index (χ2n) is 6.82. The Kier molecular flexibility index (Phi) is 5.57. The third kappa shape index (κ3) is 4.20. The van der Waals surface area contributed by atoms with Crippen molar-refractivity contribution in [3.63, 3.8) is 0 Å². The average Bonchev–Trinajstić information content (AvgIpc) is 3.13. The van der Waals surface area contributed by atoms with Crippen molar-refractivity contribution in [3.8, 4) is 5.75 Å². The number of fused-ring (bicyclic) bond motifs is 1. The fraction of sp³-hybridized carbons (Fsp3) is 0.136. The molecule has 2 amide bonds. The summed E-state index contributed by atoms with van der Waals surface area (Å²) < 4.78 is 45.7. The lowest BCUT2D eigenvalue weighted by Crippen LogP contribution is -2.30. The number of pyridine rings is 1. The van der Waals surface area contributed by atoms with E-state index >= 15 is 0 Å². The lowest BCUT2D eigenvalue weighted by molar-refractivity contribution is -0.115. The zero-order valence-corrected chi connectivity index (χ0v) is 16.0. The molecule has 0 saturated heterocycles. The Labute approximate surface area is 175 Å². The maximum absolute atomic E-state index is 14.5. The van der Waals surface area contributed by atoms with Crippen LogP contribution in [0.2, 0.25) is 0 Å². The molecule has 0 radical (unpaired) electrons. The summed E-state index contributed by atoms with van der Waals surface area (Å²) in [6.45, 7) is -1.21. The third-order valence-electron chi connectivity index (χ3n) is 4.83. The lowest BCUT2D eigenvalue weighted by atomic mass is 10.0. The van der Waals surface area contributed by atoms with Crippen LogP contribution < -0.4 is 15.4 Å². The van der Waals surface area contributed by atoms with Gasteiger partial charge in [-0.3, -0.25) is 14.6 Å². The molecule has 31 heavy (non-hydrogen) atoms. The molecule has 9 heteroatoms. The van der Waals surface area contributed by atoms with Crippen molar-refractivity contribution in [2.45, 2.75) is 12.5 Å². The number of anilines is 1. The summed E-state index contributed by atoms with van der Waals surface area (Å²) in [4.78, 5) is 28.5. The van der Waals surface area contributed by atoms with Gasteiger partial charge in [-0.05, 0) is 53.6 Å². The summed E-state index contributed by atoms with van der Waals surface area (Å²) in [5.74, 6) is -2.61. The van der Waals surface area contributed by atoms with Crippen LogP contribution in [0, 0.1) is 11.6 Å². The maximum atomic E-state index is 14.5. The van der Waals surface area contributed by atoms with Gasteiger partial charge in [-0.15, -0.1) is 0 Å². The first-order chi connectivity index (χ1) is 15.0. The average molecular weight is 427 g/mol. The number of amides is 2. The van der Waals surface area contributed by atoms with Crippen LogP contribution in [-0.2, 0) is 11.2 Å². The summed E-state index contributed by atoms with van der Waals surface area (Å²) in [6, 6.07) is 9.72. The van der Waals surface area contributed by atoms with Gasteiger partial charge in [0.2, 0.25) is 12.8 Å². The van der Waals surface area contributed by atoms with Gasteiger partial charge >= 0.3 is 0 Å². The van der Waals surface area contributed by atoms with Gasteiger partial charge < -0.3 is 15.4 Å². The lowest BCUT2D eigenvalue weighted by Gasteiger charge is -2.20. The Morgan fingerprint density at radius 3 is 2.74 bits per heavy atom. The molecule has 0 spiro atoms. The van der Waals surface area contributed by atoms with Gasteiger partial charge in [0.15, 0.2) is 11.6 Å². The second-order valence-corrected chi connectivity index (χ2v) is 6.82. The summed E-state index contributed by atoms with van der Waals surface area (Å²) >= 11 is 0. The SMILES string of the molecule is O=C1Cc2cc(C(=O)N[C@@H](c3ccc(OCF)c(F)c3)c3ncccc3F)ccc2N1. The van der Waals surface area contributed by atoms with Crippen molar-refractivity contribution < 1.29 is 27.5 Å². The van der Waals surface area contributed by atoms with E-state index < -0.39 is 30.4 Å². The summed E-state index contributed by atoms with van der Waals surface area (Å²) in [6.07, 6.45) is 1.50. The standard InChI is InChI=1S/C22H16F3N3O3/c23-11-31-18-6-4-12(9-16(18)25)20(21-15(24)2-1-7-26-21)28-22(30)13-3-5-17-14(8-13)10-19(29)27-17/h1-9,20H,10-11H2,(H,27,29)(H,28,30)/t20-/m0/s1. The Balaban J connectivity index is 1.68. The third-order valence-corrected chi connectivity index (χ3v) is 4.83. The number of rotatable bonds is 6. The van der Waals surface area contributed by atoms with Crippen molar-refractivity contribution in [2.24, 2.45) is 0 Å². The molecule has 1 aliphatic heterocycles.